The first-order chi connectivity index (χ1) is 9.69. The van der Waals surface area contributed by atoms with Gasteiger partial charge >= 0.3 is 5.97 Å². The van der Waals surface area contributed by atoms with E-state index >= 15 is 0 Å². The Kier molecular flexibility index (Phi) is 11.8. The zero-order valence-corrected chi connectivity index (χ0v) is 13.0. The van der Waals surface area contributed by atoms with Gasteiger partial charge in [0.2, 0.25) is 0 Å². The lowest BCUT2D eigenvalue weighted by atomic mass is 9.95. The topological polar surface area (TPSA) is 59.3 Å². The summed E-state index contributed by atoms with van der Waals surface area (Å²) in [6, 6.07) is 1.92. The van der Waals surface area contributed by atoms with E-state index < -0.39 is 5.97 Å². The molecule has 0 saturated carbocycles. The summed E-state index contributed by atoms with van der Waals surface area (Å²) < 4.78 is 10.1. The second-order valence-corrected chi connectivity index (χ2v) is 4.71. The lowest BCUT2D eigenvalue weighted by Crippen LogP contribution is -2.12. The quantitative estimate of drug-likeness (QED) is 0.251. The van der Waals surface area contributed by atoms with E-state index in [0.717, 1.165) is 19.3 Å². The number of allylic oxidation sites excluding steroid dienone is 1. The number of carbonyl (C=O) groups excluding carboxylic acids is 1. The van der Waals surface area contributed by atoms with Crippen molar-refractivity contribution in [1.82, 2.24) is 0 Å². The van der Waals surface area contributed by atoms with Crippen molar-refractivity contribution in [3.63, 3.8) is 0 Å². The fraction of sp³-hybridized carbons (Fsp3) is 0.750. The Morgan fingerprint density at radius 3 is 2.60 bits per heavy atom. The van der Waals surface area contributed by atoms with Crippen molar-refractivity contribution in [2.24, 2.45) is 5.92 Å². The van der Waals surface area contributed by atoms with E-state index in [2.05, 4.69) is 13.8 Å². The Labute approximate surface area is 122 Å². The molecule has 0 N–H and O–H groups in total. The van der Waals surface area contributed by atoms with Gasteiger partial charge in [-0.3, -0.25) is 0 Å². The van der Waals surface area contributed by atoms with Crippen LogP contribution in [-0.4, -0.2) is 25.8 Å². The molecule has 0 aromatic heterocycles. The first kappa shape index (κ1) is 18.7. The summed E-state index contributed by atoms with van der Waals surface area (Å²) in [7, 11) is 0. The summed E-state index contributed by atoms with van der Waals surface area (Å²) in [4.78, 5) is 11.7. The highest BCUT2D eigenvalue weighted by Crippen LogP contribution is 2.18. The first-order valence-electron chi connectivity index (χ1n) is 7.54. The van der Waals surface area contributed by atoms with Crippen molar-refractivity contribution in [3.8, 4) is 6.07 Å². The summed E-state index contributed by atoms with van der Waals surface area (Å²) in [6.07, 6.45) is 7.04. The standard InChI is InChI=1S/C16H27NO3/c1-4-7-8-14(5-2)9-10-15(13-17)16(18)20-12-11-19-6-3/h10,14H,4-9,11-12H2,1-3H3. The summed E-state index contributed by atoms with van der Waals surface area (Å²) in [5, 5.41) is 9.01. The minimum atomic E-state index is -0.544. The Balaban J connectivity index is 4.24. The molecule has 114 valence electrons. The van der Waals surface area contributed by atoms with Crippen LogP contribution < -0.4 is 0 Å². The number of esters is 1. The zero-order valence-electron chi connectivity index (χ0n) is 13.0. The van der Waals surface area contributed by atoms with Gasteiger partial charge in [-0.05, 0) is 19.3 Å². The third kappa shape index (κ3) is 8.71. The highest BCUT2D eigenvalue weighted by Gasteiger charge is 2.12. The van der Waals surface area contributed by atoms with Crippen molar-refractivity contribution in [2.45, 2.75) is 52.9 Å². The van der Waals surface area contributed by atoms with E-state index in [9.17, 15) is 4.79 Å². The van der Waals surface area contributed by atoms with E-state index in [4.69, 9.17) is 14.7 Å². The van der Waals surface area contributed by atoms with Gasteiger partial charge in [0.15, 0.2) is 0 Å². The summed E-state index contributed by atoms with van der Waals surface area (Å²) >= 11 is 0. The monoisotopic (exact) mass is 281 g/mol. The predicted octanol–water partition coefficient (Wildman–Crippen LogP) is 3.62. The highest BCUT2D eigenvalue weighted by molar-refractivity contribution is 5.92. The van der Waals surface area contributed by atoms with Crippen LogP contribution in [0.15, 0.2) is 11.6 Å². The van der Waals surface area contributed by atoms with Gasteiger partial charge in [-0.15, -0.1) is 0 Å². The molecule has 1 atom stereocenters. The maximum atomic E-state index is 11.7. The van der Waals surface area contributed by atoms with Crippen LogP contribution in [0.25, 0.3) is 0 Å². The number of hydrogen-bond donors (Lipinski definition) is 0. The minimum absolute atomic E-state index is 0.108. The number of unbranched alkanes of at least 4 members (excludes halogenated alkanes) is 1. The summed E-state index contributed by atoms with van der Waals surface area (Å²) in [5.74, 6) is -0.00734. The van der Waals surface area contributed by atoms with E-state index in [-0.39, 0.29) is 12.2 Å². The molecule has 0 aliphatic rings. The highest BCUT2D eigenvalue weighted by atomic mass is 16.6. The largest absolute Gasteiger partial charge is 0.459 e. The van der Waals surface area contributed by atoms with Crippen LogP contribution in [0.4, 0.5) is 0 Å². The molecule has 0 bridgehead atoms. The number of ether oxygens (including phenoxy) is 2. The van der Waals surface area contributed by atoms with Crippen molar-refractivity contribution in [2.75, 3.05) is 19.8 Å². The number of nitriles is 1. The SMILES string of the molecule is CCCCC(CC)CC=C(C#N)C(=O)OCCOCC. The number of carbonyl (C=O) groups is 1. The number of hydrogen-bond acceptors (Lipinski definition) is 4. The number of nitrogens with zero attached hydrogens (tertiary/aromatic N) is 1. The molecule has 0 rings (SSSR count). The lowest BCUT2D eigenvalue weighted by Gasteiger charge is -2.11. The molecule has 0 saturated heterocycles. The van der Waals surface area contributed by atoms with Crippen molar-refractivity contribution in [3.05, 3.63) is 11.6 Å². The van der Waals surface area contributed by atoms with Crippen LogP contribution in [0.5, 0.6) is 0 Å². The molecular formula is C16H27NO3. The van der Waals surface area contributed by atoms with E-state index in [1.54, 1.807) is 6.08 Å². The van der Waals surface area contributed by atoms with Crippen molar-refractivity contribution < 1.29 is 14.3 Å². The summed E-state index contributed by atoms with van der Waals surface area (Å²) in [6.45, 7) is 7.34. The molecule has 0 aromatic carbocycles. The van der Waals surface area contributed by atoms with Crippen LogP contribution in [0.3, 0.4) is 0 Å². The Bertz CT molecular complexity index is 331. The first-order valence-corrected chi connectivity index (χ1v) is 7.54. The fourth-order valence-corrected chi connectivity index (χ4v) is 1.86. The third-order valence-corrected chi connectivity index (χ3v) is 3.20. The number of rotatable bonds is 11. The molecule has 0 amide bonds. The maximum absolute atomic E-state index is 11.7. The summed E-state index contributed by atoms with van der Waals surface area (Å²) in [5.41, 5.74) is 0.108. The molecule has 1 unspecified atom stereocenters. The van der Waals surface area contributed by atoms with Crippen LogP contribution in [0.1, 0.15) is 52.9 Å². The molecule has 0 aliphatic carbocycles. The van der Waals surface area contributed by atoms with Gasteiger partial charge < -0.3 is 9.47 Å². The normalized spacial score (nSPS) is 12.8. The molecule has 0 spiro atoms. The van der Waals surface area contributed by atoms with Gasteiger partial charge in [-0.1, -0.05) is 45.6 Å². The average Bonchev–Trinajstić information content (AvgIpc) is 2.47. The van der Waals surface area contributed by atoms with E-state index in [1.807, 2.05) is 13.0 Å². The van der Waals surface area contributed by atoms with Gasteiger partial charge in [-0.2, -0.15) is 5.26 Å². The Morgan fingerprint density at radius 2 is 2.05 bits per heavy atom. The van der Waals surface area contributed by atoms with Crippen molar-refractivity contribution >= 4 is 5.97 Å². The predicted molar refractivity (Wildman–Crippen MR) is 79.1 cm³/mol. The molecule has 0 fully saturated rings. The van der Waals surface area contributed by atoms with Gasteiger partial charge in [0.05, 0.1) is 6.61 Å². The van der Waals surface area contributed by atoms with Gasteiger partial charge in [-0.25, -0.2) is 4.79 Å². The smallest absolute Gasteiger partial charge is 0.348 e. The molecule has 0 aromatic rings. The molecule has 4 nitrogen and oxygen atoms in total. The molecule has 20 heavy (non-hydrogen) atoms. The van der Waals surface area contributed by atoms with Crippen LogP contribution in [-0.2, 0) is 14.3 Å². The maximum Gasteiger partial charge on any atom is 0.348 e. The lowest BCUT2D eigenvalue weighted by molar-refractivity contribution is -0.140. The van der Waals surface area contributed by atoms with Crippen LogP contribution in [0, 0.1) is 17.2 Å². The molecule has 0 aliphatic heterocycles. The molecular weight excluding hydrogens is 254 g/mol. The van der Waals surface area contributed by atoms with Gasteiger partial charge in [0, 0.05) is 6.61 Å². The van der Waals surface area contributed by atoms with E-state index in [1.165, 1.54) is 12.8 Å². The van der Waals surface area contributed by atoms with E-state index in [0.29, 0.717) is 19.1 Å². The van der Waals surface area contributed by atoms with Crippen LogP contribution >= 0.6 is 0 Å². The second kappa shape index (κ2) is 12.7. The van der Waals surface area contributed by atoms with Crippen LogP contribution in [0.2, 0.25) is 0 Å². The Morgan fingerprint density at radius 1 is 1.30 bits per heavy atom. The van der Waals surface area contributed by atoms with Gasteiger partial charge in [0.1, 0.15) is 18.2 Å². The van der Waals surface area contributed by atoms with Crippen molar-refractivity contribution in [1.29, 1.82) is 5.26 Å². The third-order valence-electron chi connectivity index (χ3n) is 3.20. The van der Waals surface area contributed by atoms with Gasteiger partial charge in [0.25, 0.3) is 0 Å². The average molecular weight is 281 g/mol. The Hall–Kier alpha value is -1.34. The molecule has 4 heteroatoms. The fourth-order valence-electron chi connectivity index (χ4n) is 1.86. The minimum Gasteiger partial charge on any atom is -0.459 e. The second-order valence-electron chi connectivity index (χ2n) is 4.71. The zero-order chi connectivity index (χ0) is 15.2. The molecule has 0 heterocycles. The molecule has 0 radical (unpaired) electrons.